The van der Waals surface area contributed by atoms with Gasteiger partial charge in [-0.15, -0.1) is 5.01 Å². The Morgan fingerprint density at radius 2 is 1.85 bits per heavy atom. The normalized spacial score (nSPS) is 16.3. The van der Waals surface area contributed by atoms with Gasteiger partial charge in [-0.1, -0.05) is 29.8 Å². The summed E-state index contributed by atoms with van der Waals surface area (Å²) >= 11 is 0. The number of sulfonamides is 1. The van der Waals surface area contributed by atoms with Crippen molar-refractivity contribution in [1.82, 2.24) is 19.5 Å². The smallest absolute Gasteiger partial charge is 0.511 e. The van der Waals surface area contributed by atoms with E-state index < -0.39 is 46.5 Å². The molecule has 1 saturated heterocycles. The molecule has 47 heavy (non-hydrogen) atoms. The van der Waals surface area contributed by atoms with Crippen LogP contribution >= 0.6 is 0 Å². The zero-order valence-corrected chi connectivity index (χ0v) is 26.2. The quantitative estimate of drug-likeness (QED) is 0.0991. The second kappa shape index (κ2) is 14.6. The predicted molar refractivity (Wildman–Crippen MR) is 155 cm³/mol. The highest BCUT2D eigenvalue weighted by molar-refractivity contribution is 7.90. The van der Waals surface area contributed by atoms with Crippen molar-refractivity contribution in [3.05, 3.63) is 71.1 Å². The third kappa shape index (κ3) is 9.24. The lowest BCUT2D eigenvalue weighted by Crippen LogP contribution is -2.45. The summed E-state index contributed by atoms with van der Waals surface area (Å²) in [5.74, 6) is 0. The number of halogens is 3. The van der Waals surface area contributed by atoms with Crippen LogP contribution in [0.25, 0.3) is 16.9 Å². The number of aryl methyl sites for hydroxylation is 1. The van der Waals surface area contributed by atoms with Gasteiger partial charge in [0.1, 0.15) is 12.6 Å². The summed E-state index contributed by atoms with van der Waals surface area (Å²) in [5.41, 5.74) is 0.499. The molecule has 15 nitrogen and oxygen atoms in total. The van der Waals surface area contributed by atoms with Crippen LogP contribution in [-0.2, 0) is 35.2 Å². The Labute approximate surface area is 267 Å². The number of hydrazine groups is 1. The number of benzene rings is 2. The van der Waals surface area contributed by atoms with Crippen molar-refractivity contribution >= 4 is 22.3 Å². The van der Waals surface area contributed by atoms with Crippen LogP contribution in [0.15, 0.2) is 64.8 Å². The van der Waals surface area contributed by atoms with E-state index in [1.165, 1.54) is 19.1 Å². The van der Waals surface area contributed by atoms with Crippen LogP contribution in [0.1, 0.15) is 37.9 Å². The van der Waals surface area contributed by atoms with Crippen molar-refractivity contribution < 1.29 is 55.2 Å². The monoisotopic (exact) mass is 684 g/mol. The number of ether oxygens (including phenoxy) is 3. The molecular formula is C28H31F3N6O9S. The molecule has 1 fully saturated rings. The van der Waals surface area contributed by atoms with Gasteiger partial charge in [-0.2, -0.15) is 18.3 Å². The van der Waals surface area contributed by atoms with Crippen LogP contribution in [0.4, 0.5) is 22.8 Å². The van der Waals surface area contributed by atoms with Crippen molar-refractivity contribution in [3.63, 3.8) is 0 Å². The highest BCUT2D eigenvalue weighted by atomic mass is 32.2. The van der Waals surface area contributed by atoms with Gasteiger partial charge in [0.25, 0.3) is 16.3 Å². The molecule has 1 N–H and O–H groups in total. The van der Waals surface area contributed by atoms with Gasteiger partial charge in [-0.05, 0) is 57.0 Å². The number of rotatable bonds is 10. The van der Waals surface area contributed by atoms with E-state index in [4.69, 9.17) is 14.3 Å². The minimum absolute atomic E-state index is 0.0730. The molecule has 2 heterocycles. The summed E-state index contributed by atoms with van der Waals surface area (Å²) in [6, 6.07) is 12.3. The Morgan fingerprint density at radius 1 is 1.17 bits per heavy atom. The number of amides is 1. The number of carbonyl (C=O) groups is 2. The van der Waals surface area contributed by atoms with E-state index >= 15 is 0 Å². The lowest BCUT2D eigenvalue weighted by Gasteiger charge is -2.28. The van der Waals surface area contributed by atoms with Gasteiger partial charge in [0.15, 0.2) is 5.69 Å². The van der Waals surface area contributed by atoms with Crippen LogP contribution in [0.5, 0.6) is 0 Å². The van der Waals surface area contributed by atoms with Crippen molar-refractivity contribution in [2.45, 2.75) is 57.1 Å². The third-order valence-corrected chi connectivity index (χ3v) is 7.95. The fourth-order valence-corrected chi connectivity index (χ4v) is 5.27. The molecule has 4 rings (SSSR count). The summed E-state index contributed by atoms with van der Waals surface area (Å²) in [6.07, 6.45) is -8.50. The van der Waals surface area contributed by atoms with Crippen LogP contribution in [0, 0.1) is 12.1 Å². The molecule has 2 atom stereocenters. The molecule has 1 aromatic heterocycles. The molecule has 0 radical (unpaired) electrons. The van der Waals surface area contributed by atoms with Crippen LogP contribution < -0.4 is 4.72 Å². The molecule has 1 aliphatic rings. The highest BCUT2D eigenvalue weighted by Crippen LogP contribution is 2.33. The van der Waals surface area contributed by atoms with Gasteiger partial charge in [0.05, 0.1) is 34.4 Å². The van der Waals surface area contributed by atoms with Crippen LogP contribution in [-0.4, -0.2) is 72.5 Å². The SMILES string of the molecule is CCOC(=O)OC(C)O/N=[N+](/[O-])N1CCCC(OC(=O)NS(=O)(=O)c2ccc(-n3nc(C(F)(F)F)cc3-c3ccc(C)cc3)cc2)C1. The number of alkyl halides is 3. The first-order valence-corrected chi connectivity index (χ1v) is 15.6. The van der Waals surface area contributed by atoms with E-state index in [0.717, 1.165) is 33.5 Å². The molecule has 1 amide bonds. The zero-order chi connectivity index (χ0) is 34.4. The topological polar surface area (TPSA) is 177 Å². The molecule has 1 aliphatic heterocycles. The van der Waals surface area contributed by atoms with Gasteiger partial charge in [-0.25, -0.2) is 27.4 Å². The Hall–Kier alpha value is -5.07. The van der Waals surface area contributed by atoms with E-state index in [2.05, 4.69) is 15.1 Å². The first-order chi connectivity index (χ1) is 22.2. The average Bonchev–Trinajstić information content (AvgIpc) is 3.47. The molecule has 2 aromatic carbocycles. The highest BCUT2D eigenvalue weighted by Gasteiger charge is 2.35. The molecule has 254 valence electrons. The second-order valence-electron chi connectivity index (χ2n) is 10.2. The molecule has 19 heteroatoms. The maximum absolute atomic E-state index is 13.5. The van der Waals surface area contributed by atoms with Crippen molar-refractivity contribution in [1.29, 1.82) is 0 Å². The first-order valence-electron chi connectivity index (χ1n) is 14.2. The van der Waals surface area contributed by atoms with E-state index in [9.17, 15) is 36.4 Å². The van der Waals surface area contributed by atoms with E-state index in [-0.39, 0.29) is 40.9 Å². The fraction of sp³-hybridized carbons (Fsp3) is 0.393. The Balaban J connectivity index is 1.39. The molecule has 3 aromatic rings. The van der Waals surface area contributed by atoms with Crippen LogP contribution in [0.2, 0.25) is 0 Å². The number of hydrogen-bond donors (Lipinski definition) is 1. The van der Waals surface area contributed by atoms with Crippen molar-refractivity contribution in [2.24, 2.45) is 5.28 Å². The van der Waals surface area contributed by atoms with Gasteiger partial charge in [0, 0.05) is 12.5 Å². The molecule has 0 spiro atoms. The minimum Gasteiger partial charge on any atom is -0.569 e. The van der Waals surface area contributed by atoms with Gasteiger partial charge in [-0.3, -0.25) is 4.84 Å². The van der Waals surface area contributed by atoms with Crippen molar-refractivity contribution in [2.75, 3.05) is 19.7 Å². The molecule has 0 bridgehead atoms. The van der Waals surface area contributed by atoms with Gasteiger partial charge < -0.3 is 19.4 Å². The third-order valence-electron chi connectivity index (χ3n) is 6.62. The average molecular weight is 685 g/mol. The summed E-state index contributed by atoms with van der Waals surface area (Å²) < 4.78 is 83.7. The largest absolute Gasteiger partial charge is 0.569 e. The number of hydrogen-bond acceptors (Lipinski definition) is 11. The summed E-state index contributed by atoms with van der Waals surface area (Å²) in [5, 5.41) is 20.4. The Bertz CT molecular complexity index is 1700. The number of piperidine rings is 1. The molecule has 0 aliphatic carbocycles. The maximum atomic E-state index is 13.5. The molecular weight excluding hydrogens is 653 g/mol. The van der Waals surface area contributed by atoms with Gasteiger partial charge >= 0.3 is 18.4 Å². The van der Waals surface area contributed by atoms with E-state index in [1.807, 2.05) is 6.92 Å². The summed E-state index contributed by atoms with van der Waals surface area (Å²) in [6.45, 7) is 4.84. The molecule has 2 unspecified atom stereocenters. The van der Waals surface area contributed by atoms with E-state index in [1.54, 1.807) is 35.9 Å². The Kier molecular flexibility index (Phi) is 10.8. The van der Waals surface area contributed by atoms with Crippen LogP contribution in [0.3, 0.4) is 0 Å². The first kappa shape index (κ1) is 34.8. The number of carbonyl (C=O) groups excluding carboxylic acids is 2. The predicted octanol–water partition coefficient (Wildman–Crippen LogP) is 5.07. The summed E-state index contributed by atoms with van der Waals surface area (Å²) in [7, 11) is -4.47. The lowest BCUT2D eigenvalue weighted by molar-refractivity contribution is -0.716. The lowest BCUT2D eigenvalue weighted by atomic mass is 10.1. The zero-order valence-electron chi connectivity index (χ0n) is 25.3. The number of aromatic nitrogens is 2. The minimum atomic E-state index is -4.72. The summed E-state index contributed by atoms with van der Waals surface area (Å²) in [4.78, 5) is 28.3. The Morgan fingerprint density at radius 3 is 2.49 bits per heavy atom. The number of nitrogens with one attached hydrogen (secondary N) is 1. The van der Waals surface area contributed by atoms with Gasteiger partial charge in [0.2, 0.25) is 5.28 Å². The second-order valence-corrected chi connectivity index (χ2v) is 11.9. The number of nitrogens with zero attached hydrogens (tertiary/aromatic N) is 5. The standard InChI is InChI=1S/C28H31F3N6O9S/c1-4-43-27(39)44-19(3)46-34-37(40)35-15-5-6-22(17-35)45-26(38)33-47(41,42)23-13-11-21(12-14-23)36-24(16-25(32-36)28(29,30)31)20-9-7-18(2)8-10-20/h7-14,16,19,22H,4-6,15,17H2,1-3H3,(H,33,38)/b37-34+. The molecule has 0 saturated carbocycles. The fourth-order valence-electron chi connectivity index (χ4n) is 4.39. The maximum Gasteiger partial charge on any atom is 0.511 e. The van der Waals surface area contributed by atoms with E-state index in [0.29, 0.717) is 18.4 Å². The van der Waals surface area contributed by atoms with Crippen molar-refractivity contribution in [3.8, 4) is 16.9 Å².